The van der Waals surface area contributed by atoms with Crippen LogP contribution in [0.4, 0.5) is 5.69 Å². The Kier molecular flexibility index (Phi) is 4.27. The molecule has 19 heavy (non-hydrogen) atoms. The molecule has 2 rings (SSSR count). The largest absolute Gasteiger partial charge is 0.495 e. The Morgan fingerprint density at radius 3 is 2.47 bits per heavy atom. The molecular weight excluding hydrogens is 242 g/mol. The molecule has 5 nitrogen and oxygen atoms in total. The molecule has 1 fully saturated rings. The third-order valence-corrected chi connectivity index (χ3v) is 3.70. The van der Waals surface area contributed by atoms with Gasteiger partial charge in [-0.05, 0) is 19.1 Å². The first-order valence-electron chi connectivity index (χ1n) is 6.55. The monoisotopic (exact) mass is 263 g/mol. The third kappa shape index (κ3) is 2.98. The minimum absolute atomic E-state index is 0.195. The highest BCUT2D eigenvalue weighted by Crippen LogP contribution is 2.28. The summed E-state index contributed by atoms with van der Waals surface area (Å²) in [6, 6.07) is 7.81. The van der Waals surface area contributed by atoms with Gasteiger partial charge in [0.25, 0.3) is 0 Å². The number of carbonyl (C=O) groups excluding carboxylic acids is 1. The number of hydrogen-bond acceptors (Lipinski definition) is 4. The summed E-state index contributed by atoms with van der Waals surface area (Å²) in [4.78, 5) is 15.6. The number of hydrogen-bond donors (Lipinski definition) is 1. The first-order chi connectivity index (χ1) is 9.13. The molecule has 1 heterocycles. The molecule has 0 aromatic heterocycles. The summed E-state index contributed by atoms with van der Waals surface area (Å²) in [5.74, 6) is 0.629. The number of rotatable bonds is 4. The molecule has 0 unspecified atom stereocenters. The van der Waals surface area contributed by atoms with Crippen molar-refractivity contribution in [1.82, 2.24) is 4.90 Å². The molecule has 0 saturated carbocycles. The average molecular weight is 263 g/mol. The van der Waals surface area contributed by atoms with Crippen molar-refractivity contribution in [2.75, 3.05) is 38.2 Å². The van der Waals surface area contributed by atoms with E-state index in [0.717, 1.165) is 37.6 Å². The lowest BCUT2D eigenvalue weighted by Crippen LogP contribution is -2.53. The first-order valence-corrected chi connectivity index (χ1v) is 6.55. The molecule has 5 heteroatoms. The summed E-state index contributed by atoms with van der Waals surface area (Å²) in [6.07, 6.45) is 0. The van der Waals surface area contributed by atoms with Crippen molar-refractivity contribution >= 4 is 11.6 Å². The van der Waals surface area contributed by atoms with Crippen molar-refractivity contribution in [3.8, 4) is 5.75 Å². The van der Waals surface area contributed by atoms with E-state index in [-0.39, 0.29) is 11.9 Å². The molecule has 1 aromatic rings. The van der Waals surface area contributed by atoms with Crippen LogP contribution in [0.15, 0.2) is 24.3 Å². The second kappa shape index (κ2) is 5.93. The summed E-state index contributed by atoms with van der Waals surface area (Å²) < 4.78 is 5.38. The van der Waals surface area contributed by atoms with Gasteiger partial charge in [0.15, 0.2) is 0 Å². The fourth-order valence-electron chi connectivity index (χ4n) is 2.42. The molecule has 1 aromatic carbocycles. The van der Waals surface area contributed by atoms with Crippen LogP contribution in [0.3, 0.4) is 0 Å². The molecular formula is C14H21N3O2. The van der Waals surface area contributed by atoms with Gasteiger partial charge in [-0.1, -0.05) is 12.1 Å². The van der Waals surface area contributed by atoms with Crippen molar-refractivity contribution in [2.24, 2.45) is 5.73 Å². The molecule has 0 bridgehead atoms. The van der Waals surface area contributed by atoms with E-state index in [1.54, 1.807) is 7.11 Å². The van der Waals surface area contributed by atoms with Gasteiger partial charge in [0.2, 0.25) is 5.91 Å². The number of methoxy groups -OCH3 is 1. The number of amides is 1. The van der Waals surface area contributed by atoms with E-state index in [1.807, 2.05) is 25.1 Å². The Morgan fingerprint density at radius 1 is 1.26 bits per heavy atom. The fourth-order valence-corrected chi connectivity index (χ4v) is 2.42. The molecule has 1 saturated heterocycles. The SMILES string of the molecule is COc1ccccc1N1CCN([C@H](C)C(N)=O)CC1. The highest BCUT2D eigenvalue weighted by Gasteiger charge is 2.25. The van der Waals surface area contributed by atoms with Crippen LogP contribution in [0, 0.1) is 0 Å². The van der Waals surface area contributed by atoms with E-state index >= 15 is 0 Å². The van der Waals surface area contributed by atoms with Crippen LogP contribution in [0.2, 0.25) is 0 Å². The van der Waals surface area contributed by atoms with Gasteiger partial charge in [-0.25, -0.2) is 0 Å². The Hall–Kier alpha value is -1.75. The van der Waals surface area contributed by atoms with E-state index in [0.29, 0.717) is 0 Å². The molecule has 1 aliphatic rings. The lowest BCUT2D eigenvalue weighted by Gasteiger charge is -2.38. The Bertz CT molecular complexity index is 442. The van der Waals surface area contributed by atoms with Crippen molar-refractivity contribution in [2.45, 2.75) is 13.0 Å². The van der Waals surface area contributed by atoms with Crippen LogP contribution >= 0.6 is 0 Å². The minimum Gasteiger partial charge on any atom is -0.495 e. The van der Waals surface area contributed by atoms with Crippen LogP contribution in [-0.4, -0.2) is 50.1 Å². The van der Waals surface area contributed by atoms with Gasteiger partial charge in [-0.15, -0.1) is 0 Å². The molecule has 0 radical (unpaired) electrons. The number of nitrogens with zero attached hydrogens (tertiary/aromatic N) is 2. The van der Waals surface area contributed by atoms with Crippen LogP contribution in [0.1, 0.15) is 6.92 Å². The molecule has 2 N–H and O–H groups in total. The Labute approximate surface area is 113 Å². The Balaban J connectivity index is 2.02. The zero-order chi connectivity index (χ0) is 13.8. The van der Waals surface area contributed by atoms with Crippen molar-refractivity contribution in [3.05, 3.63) is 24.3 Å². The molecule has 0 spiro atoms. The minimum atomic E-state index is -0.259. The maximum Gasteiger partial charge on any atom is 0.234 e. The average Bonchev–Trinajstić information content (AvgIpc) is 2.46. The van der Waals surface area contributed by atoms with Gasteiger partial charge in [-0.2, -0.15) is 0 Å². The van der Waals surface area contributed by atoms with Crippen LogP contribution < -0.4 is 15.4 Å². The normalized spacial score (nSPS) is 18.1. The standard InChI is InChI=1S/C14H21N3O2/c1-11(14(15)18)16-7-9-17(10-8-16)12-5-3-4-6-13(12)19-2/h3-6,11H,7-10H2,1-2H3,(H2,15,18)/t11-/m1/s1. The van der Waals surface area contributed by atoms with Gasteiger partial charge in [0.1, 0.15) is 5.75 Å². The highest BCUT2D eigenvalue weighted by molar-refractivity contribution is 5.79. The van der Waals surface area contributed by atoms with Crippen LogP contribution in [0.25, 0.3) is 0 Å². The predicted molar refractivity (Wildman–Crippen MR) is 75.4 cm³/mol. The van der Waals surface area contributed by atoms with E-state index in [2.05, 4.69) is 15.9 Å². The summed E-state index contributed by atoms with van der Waals surface area (Å²) in [6.45, 7) is 5.28. The van der Waals surface area contributed by atoms with Crippen molar-refractivity contribution in [3.63, 3.8) is 0 Å². The van der Waals surface area contributed by atoms with Gasteiger partial charge in [-0.3, -0.25) is 9.69 Å². The number of anilines is 1. The number of para-hydroxylation sites is 2. The van der Waals surface area contributed by atoms with Crippen LogP contribution in [-0.2, 0) is 4.79 Å². The van der Waals surface area contributed by atoms with E-state index < -0.39 is 0 Å². The lowest BCUT2D eigenvalue weighted by atomic mass is 10.2. The van der Waals surface area contributed by atoms with E-state index in [1.165, 1.54) is 0 Å². The summed E-state index contributed by atoms with van der Waals surface area (Å²) in [5, 5.41) is 0. The molecule has 104 valence electrons. The number of carbonyl (C=O) groups is 1. The number of nitrogens with two attached hydrogens (primary N) is 1. The summed E-state index contributed by atoms with van der Waals surface area (Å²) >= 11 is 0. The zero-order valence-corrected chi connectivity index (χ0v) is 11.5. The van der Waals surface area contributed by atoms with E-state index in [9.17, 15) is 4.79 Å². The van der Waals surface area contributed by atoms with Crippen LogP contribution in [0.5, 0.6) is 5.75 Å². The number of benzene rings is 1. The maximum absolute atomic E-state index is 11.2. The zero-order valence-electron chi connectivity index (χ0n) is 11.5. The number of piperazine rings is 1. The van der Waals surface area contributed by atoms with Gasteiger partial charge in [0.05, 0.1) is 18.8 Å². The molecule has 1 amide bonds. The summed E-state index contributed by atoms with van der Waals surface area (Å²) in [7, 11) is 1.68. The second-order valence-electron chi connectivity index (χ2n) is 4.77. The second-order valence-corrected chi connectivity index (χ2v) is 4.77. The topological polar surface area (TPSA) is 58.8 Å². The van der Waals surface area contributed by atoms with Crippen molar-refractivity contribution < 1.29 is 9.53 Å². The molecule has 1 atom stereocenters. The van der Waals surface area contributed by atoms with Gasteiger partial charge < -0.3 is 15.4 Å². The quantitative estimate of drug-likeness (QED) is 0.868. The summed E-state index contributed by atoms with van der Waals surface area (Å²) in [5.41, 5.74) is 6.45. The van der Waals surface area contributed by atoms with Gasteiger partial charge >= 0.3 is 0 Å². The first kappa shape index (κ1) is 13.7. The van der Waals surface area contributed by atoms with E-state index in [4.69, 9.17) is 10.5 Å². The smallest absolute Gasteiger partial charge is 0.234 e. The third-order valence-electron chi connectivity index (χ3n) is 3.70. The lowest BCUT2D eigenvalue weighted by molar-refractivity contribution is -0.122. The number of primary amides is 1. The Morgan fingerprint density at radius 2 is 1.89 bits per heavy atom. The maximum atomic E-state index is 11.2. The fraction of sp³-hybridized carbons (Fsp3) is 0.500. The molecule has 1 aliphatic heterocycles. The molecule has 0 aliphatic carbocycles. The highest BCUT2D eigenvalue weighted by atomic mass is 16.5. The predicted octanol–water partition coefficient (Wildman–Crippen LogP) is 0.691. The van der Waals surface area contributed by atoms with Gasteiger partial charge in [0, 0.05) is 26.2 Å². The van der Waals surface area contributed by atoms with Crippen molar-refractivity contribution in [1.29, 1.82) is 0 Å². The number of ether oxygens (including phenoxy) is 1.